The first-order valence-corrected chi connectivity index (χ1v) is 7.67. The molecule has 0 atom stereocenters. The first-order chi connectivity index (χ1) is 7.74. The SMILES string of the molecule is CCNCCSSc1ccc(C(C)=O)cc1. The summed E-state index contributed by atoms with van der Waals surface area (Å²) >= 11 is 0. The second-order valence-electron chi connectivity index (χ2n) is 3.34. The van der Waals surface area contributed by atoms with E-state index >= 15 is 0 Å². The molecule has 88 valence electrons. The van der Waals surface area contributed by atoms with Crippen molar-refractivity contribution >= 4 is 27.4 Å². The Morgan fingerprint density at radius 2 is 2.00 bits per heavy atom. The third-order valence-electron chi connectivity index (χ3n) is 2.03. The minimum Gasteiger partial charge on any atom is -0.316 e. The number of hydrogen-bond acceptors (Lipinski definition) is 4. The Bertz CT molecular complexity index is 324. The molecule has 16 heavy (non-hydrogen) atoms. The molecule has 0 bridgehead atoms. The van der Waals surface area contributed by atoms with Crippen LogP contribution in [0.4, 0.5) is 0 Å². The molecule has 0 radical (unpaired) electrons. The van der Waals surface area contributed by atoms with Crippen LogP contribution in [0, 0.1) is 0 Å². The predicted molar refractivity (Wildman–Crippen MR) is 73.3 cm³/mol. The maximum absolute atomic E-state index is 11.1. The molecule has 1 rings (SSSR count). The zero-order valence-electron chi connectivity index (χ0n) is 9.66. The van der Waals surface area contributed by atoms with Crippen LogP contribution in [0.1, 0.15) is 24.2 Å². The topological polar surface area (TPSA) is 29.1 Å². The smallest absolute Gasteiger partial charge is 0.159 e. The molecular weight excluding hydrogens is 238 g/mol. The summed E-state index contributed by atoms with van der Waals surface area (Å²) in [6.07, 6.45) is 0. The highest BCUT2D eigenvalue weighted by atomic mass is 33.1. The van der Waals surface area contributed by atoms with E-state index in [1.54, 1.807) is 17.7 Å². The van der Waals surface area contributed by atoms with Crippen LogP contribution < -0.4 is 5.32 Å². The summed E-state index contributed by atoms with van der Waals surface area (Å²) in [5.74, 6) is 1.21. The quantitative estimate of drug-likeness (QED) is 0.460. The van der Waals surface area contributed by atoms with Gasteiger partial charge in [-0.2, -0.15) is 0 Å². The van der Waals surface area contributed by atoms with E-state index in [9.17, 15) is 4.79 Å². The van der Waals surface area contributed by atoms with Gasteiger partial charge in [0, 0.05) is 22.8 Å². The zero-order valence-corrected chi connectivity index (χ0v) is 11.3. The molecule has 0 saturated carbocycles. The summed E-state index contributed by atoms with van der Waals surface area (Å²) < 4.78 is 0. The molecule has 0 amide bonds. The minimum atomic E-state index is 0.122. The fourth-order valence-corrected chi connectivity index (χ4v) is 3.08. The highest BCUT2D eigenvalue weighted by molar-refractivity contribution is 8.76. The largest absolute Gasteiger partial charge is 0.316 e. The molecule has 0 heterocycles. The van der Waals surface area contributed by atoms with Gasteiger partial charge in [-0.25, -0.2) is 0 Å². The monoisotopic (exact) mass is 255 g/mol. The Morgan fingerprint density at radius 3 is 2.56 bits per heavy atom. The van der Waals surface area contributed by atoms with Gasteiger partial charge in [0.1, 0.15) is 0 Å². The molecule has 1 aromatic carbocycles. The summed E-state index contributed by atoms with van der Waals surface area (Å²) in [4.78, 5) is 12.3. The van der Waals surface area contributed by atoms with E-state index in [0.717, 1.165) is 24.4 Å². The Morgan fingerprint density at radius 1 is 1.31 bits per heavy atom. The second kappa shape index (κ2) is 7.76. The van der Waals surface area contributed by atoms with Crippen molar-refractivity contribution in [1.82, 2.24) is 5.32 Å². The lowest BCUT2D eigenvalue weighted by Crippen LogP contribution is -2.15. The molecule has 0 aliphatic carbocycles. The summed E-state index contributed by atoms with van der Waals surface area (Å²) in [6.45, 7) is 5.77. The summed E-state index contributed by atoms with van der Waals surface area (Å²) in [5, 5.41) is 3.28. The minimum absolute atomic E-state index is 0.122. The van der Waals surface area contributed by atoms with Gasteiger partial charge in [0.15, 0.2) is 5.78 Å². The molecule has 0 aliphatic heterocycles. The van der Waals surface area contributed by atoms with E-state index in [4.69, 9.17) is 0 Å². The molecule has 0 aromatic heterocycles. The average Bonchev–Trinajstić information content (AvgIpc) is 2.29. The number of carbonyl (C=O) groups is 1. The van der Waals surface area contributed by atoms with Gasteiger partial charge in [0.25, 0.3) is 0 Å². The summed E-state index contributed by atoms with van der Waals surface area (Å²) in [7, 11) is 3.59. The maximum Gasteiger partial charge on any atom is 0.159 e. The van der Waals surface area contributed by atoms with E-state index in [0.29, 0.717) is 0 Å². The van der Waals surface area contributed by atoms with Crippen LogP contribution in [-0.2, 0) is 0 Å². The number of ketones is 1. The van der Waals surface area contributed by atoms with Crippen LogP contribution in [0.2, 0.25) is 0 Å². The highest BCUT2D eigenvalue weighted by Gasteiger charge is 1.99. The number of carbonyl (C=O) groups excluding carboxylic acids is 1. The lowest BCUT2D eigenvalue weighted by Gasteiger charge is -2.02. The molecule has 0 fully saturated rings. The van der Waals surface area contributed by atoms with Crippen LogP contribution in [0.25, 0.3) is 0 Å². The Balaban J connectivity index is 2.29. The molecule has 2 nitrogen and oxygen atoms in total. The number of nitrogens with one attached hydrogen (secondary N) is 1. The normalized spacial score (nSPS) is 10.4. The van der Waals surface area contributed by atoms with Crippen LogP contribution in [0.15, 0.2) is 29.2 Å². The van der Waals surface area contributed by atoms with Gasteiger partial charge >= 0.3 is 0 Å². The van der Waals surface area contributed by atoms with Crippen LogP contribution in [-0.4, -0.2) is 24.6 Å². The van der Waals surface area contributed by atoms with Gasteiger partial charge in [-0.05, 0) is 25.6 Å². The van der Waals surface area contributed by atoms with Gasteiger partial charge in [-0.15, -0.1) is 0 Å². The second-order valence-corrected chi connectivity index (χ2v) is 5.83. The number of rotatable bonds is 7. The molecule has 0 spiro atoms. The fraction of sp³-hybridized carbons (Fsp3) is 0.417. The van der Waals surface area contributed by atoms with E-state index in [2.05, 4.69) is 12.2 Å². The van der Waals surface area contributed by atoms with E-state index < -0.39 is 0 Å². The predicted octanol–water partition coefficient (Wildman–Crippen LogP) is 3.24. The molecule has 0 aliphatic rings. The van der Waals surface area contributed by atoms with Crippen molar-refractivity contribution in [2.45, 2.75) is 18.7 Å². The lowest BCUT2D eigenvalue weighted by atomic mass is 10.2. The van der Waals surface area contributed by atoms with Crippen molar-refractivity contribution in [2.75, 3.05) is 18.8 Å². The number of Topliss-reactive ketones (excluding diaryl/α,β-unsaturated/α-hetero) is 1. The summed E-state index contributed by atoms with van der Waals surface area (Å²) in [5.41, 5.74) is 0.780. The Hall–Kier alpha value is -0.450. The van der Waals surface area contributed by atoms with Gasteiger partial charge in [0.05, 0.1) is 0 Å². The fourth-order valence-electron chi connectivity index (χ4n) is 1.15. The maximum atomic E-state index is 11.1. The number of benzene rings is 1. The molecule has 0 unspecified atom stereocenters. The molecular formula is C12H17NOS2. The highest BCUT2D eigenvalue weighted by Crippen LogP contribution is 2.30. The van der Waals surface area contributed by atoms with Crippen molar-refractivity contribution in [3.8, 4) is 0 Å². The van der Waals surface area contributed by atoms with Gasteiger partial charge < -0.3 is 5.32 Å². The van der Waals surface area contributed by atoms with Crippen molar-refractivity contribution in [1.29, 1.82) is 0 Å². The van der Waals surface area contributed by atoms with E-state index in [1.165, 1.54) is 4.90 Å². The number of hydrogen-bond donors (Lipinski definition) is 1. The average molecular weight is 255 g/mol. The first kappa shape index (κ1) is 13.6. The van der Waals surface area contributed by atoms with Crippen molar-refractivity contribution < 1.29 is 4.79 Å². The van der Waals surface area contributed by atoms with E-state index in [1.807, 2.05) is 35.1 Å². The molecule has 1 aromatic rings. The van der Waals surface area contributed by atoms with Crippen molar-refractivity contribution in [2.24, 2.45) is 0 Å². The standard InChI is InChI=1S/C12H17NOS2/c1-3-13-8-9-15-16-12-6-4-11(5-7-12)10(2)14/h4-7,13H,3,8-9H2,1-2H3. The Labute approximate surface area is 105 Å². The first-order valence-electron chi connectivity index (χ1n) is 5.35. The Kier molecular flexibility index (Phi) is 6.61. The molecule has 1 N–H and O–H groups in total. The van der Waals surface area contributed by atoms with Crippen molar-refractivity contribution in [3.63, 3.8) is 0 Å². The van der Waals surface area contributed by atoms with Gasteiger partial charge in [0.2, 0.25) is 0 Å². The summed E-state index contributed by atoms with van der Waals surface area (Å²) in [6, 6.07) is 7.77. The zero-order chi connectivity index (χ0) is 11.8. The van der Waals surface area contributed by atoms with Gasteiger partial charge in [-0.1, -0.05) is 40.6 Å². The third-order valence-corrected chi connectivity index (χ3v) is 4.41. The van der Waals surface area contributed by atoms with Gasteiger partial charge in [-0.3, -0.25) is 4.79 Å². The van der Waals surface area contributed by atoms with Crippen LogP contribution in [0.5, 0.6) is 0 Å². The molecule has 0 saturated heterocycles. The third kappa shape index (κ3) is 5.05. The lowest BCUT2D eigenvalue weighted by molar-refractivity contribution is 0.101. The van der Waals surface area contributed by atoms with E-state index in [-0.39, 0.29) is 5.78 Å². The molecule has 4 heteroatoms. The van der Waals surface area contributed by atoms with Crippen LogP contribution in [0.3, 0.4) is 0 Å². The van der Waals surface area contributed by atoms with Crippen molar-refractivity contribution in [3.05, 3.63) is 29.8 Å². The van der Waals surface area contributed by atoms with Crippen LogP contribution >= 0.6 is 21.6 Å².